The molecule has 6 heteroatoms. The molecule has 3 rings (SSSR count). The normalized spacial score (nSPS) is 17.9. The van der Waals surface area contributed by atoms with Crippen molar-refractivity contribution in [3.63, 3.8) is 0 Å². The Labute approximate surface area is 123 Å². The number of aromatic nitrogens is 4. The molecule has 3 heterocycles. The second-order valence-corrected chi connectivity index (χ2v) is 5.38. The second kappa shape index (κ2) is 5.63. The van der Waals surface area contributed by atoms with Crippen molar-refractivity contribution in [3.8, 4) is 0 Å². The summed E-state index contributed by atoms with van der Waals surface area (Å²) in [5.74, 6) is 1.85. The Morgan fingerprint density at radius 3 is 2.95 bits per heavy atom. The van der Waals surface area contributed by atoms with Crippen molar-refractivity contribution in [3.05, 3.63) is 41.7 Å². The fraction of sp³-hybridized carbons (Fsp3) is 0.467. The third-order valence-electron chi connectivity index (χ3n) is 3.80. The van der Waals surface area contributed by atoms with Crippen molar-refractivity contribution >= 4 is 5.91 Å². The third-order valence-corrected chi connectivity index (χ3v) is 3.80. The quantitative estimate of drug-likeness (QED) is 0.855. The predicted octanol–water partition coefficient (Wildman–Crippen LogP) is 1.58. The van der Waals surface area contributed by atoms with E-state index in [1.54, 1.807) is 6.20 Å². The smallest absolute Gasteiger partial charge is 0.245 e. The van der Waals surface area contributed by atoms with Gasteiger partial charge in [-0.25, -0.2) is 0 Å². The Morgan fingerprint density at radius 1 is 1.38 bits per heavy atom. The van der Waals surface area contributed by atoms with Crippen molar-refractivity contribution in [1.82, 2.24) is 24.6 Å². The van der Waals surface area contributed by atoms with Crippen LogP contribution in [0, 0.1) is 0 Å². The minimum atomic E-state index is -0.234. The molecule has 0 saturated heterocycles. The van der Waals surface area contributed by atoms with E-state index >= 15 is 0 Å². The third kappa shape index (κ3) is 2.53. The van der Waals surface area contributed by atoms with E-state index in [4.69, 9.17) is 0 Å². The molecule has 0 fully saturated rings. The van der Waals surface area contributed by atoms with E-state index < -0.39 is 0 Å². The topological polar surface area (TPSA) is 63.9 Å². The van der Waals surface area contributed by atoms with Gasteiger partial charge in [0, 0.05) is 25.4 Å². The van der Waals surface area contributed by atoms with Gasteiger partial charge in [0.05, 0.1) is 6.54 Å². The zero-order chi connectivity index (χ0) is 14.8. The van der Waals surface area contributed by atoms with Crippen molar-refractivity contribution in [2.24, 2.45) is 0 Å². The zero-order valence-electron chi connectivity index (χ0n) is 12.4. The maximum atomic E-state index is 12.4. The van der Waals surface area contributed by atoms with Crippen LogP contribution in [0.5, 0.6) is 0 Å². The van der Waals surface area contributed by atoms with Gasteiger partial charge in [-0.05, 0) is 25.0 Å². The summed E-state index contributed by atoms with van der Waals surface area (Å²) in [7, 11) is 0. The van der Waals surface area contributed by atoms with E-state index in [1.807, 2.05) is 34.7 Å². The molecule has 0 aliphatic carbocycles. The molecule has 0 unspecified atom stereocenters. The van der Waals surface area contributed by atoms with Gasteiger partial charge in [-0.3, -0.25) is 9.78 Å². The molecule has 2 aromatic rings. The van der Waals surface area contributed by atoms with Gasteiger partial charge in [0.1, 0.15) is 11.9 Å². The summed E-state index contributed by atoms with van der Waals surface area (Å²) < 4.78 is 1.97. The molecule has 0 bridgehead atoms. The highest BCUT2D eigenvalue weighted by Gasteiger charge is 2.32. The number of pyridine rings is 1. The highest BCUT2D eigenvalue weighted by atomic mass is 16.2. The largest absolute Gasteiger partial charge is 0.333 e. The van der Waals surface area contributed by atoms with E-state index in [-0.39, 0.29) is 11.9 Å². The molecule has 6 nitrogen and oxygen atoms in total. The van der Waals surface area contributed by atoms with Gasteiger partial charge < -0.3 is 9.47 Å². The molecule has 1 aliphatic heterocycles. The summed E-state index contributed by atoms with van der Waals surface area (Å²) in [6, 6.07) is 3.68. The summed E-state index contributed by atoms with van der Waals surface area (Å²) in [6.45, 7) is 5.32. The number of carbonyl (C=O) groups excluding carboxylic acids is 1. The van der Waals surface area contributed by atoms with Gasteiger partial charge in [0.25, 0.3) is 0 Å². The Hall–Kier alpha value is -2.24. The lowest BCUT2D eigenvalue weighted by atomic mass is 10.1. The van der Waals surface area contributed by atoms with Crippen LogP contribution in [-0.4, -0.2) is 37.1 Å². The first-order chi connectivity index (χ1) is 10.2. The Balaban J connectivity index is 1.89. The first kappa shape index (κ1) is 13.7. The summed E-state index contributed by atoms with van der Waals surface area (Å²) in [4.78, 5) is 18.4. The maximum Gasteiger partial charge on any atom is 0.245 e. The molecular formula is C15H19N5O. The molecule has 1 aliphatic rings. The van der Waals surface area contributed by atoms with Gasteiger partial charge in [0.2, 0.25) is 5.91 Å². The predicted molar refractivity (Wildman–Crippen MR) is 77.5 cm³/mol. The van der Waals surface area contributed by atoms with Gasteiger partial charge in [0.15, 0.2) is 5.82 Å². The van der Waals surface area contributed by atoms with E-state index in [9.17, 15) is 4.79 Å². The van der Waals surface area contributed by atoms with Crippen molar-refractivity contribution in [1.29, 1.82) is 0 Å². The molecule has 0 spiro atoms. The first-order valence-electron chi connectivity index (χ1n) is 7.31. The maximum absolute atomic E-state index is 12.4. The molecule has 110 valence electrons. The highest BCUT2D eigenvalue weighted by Crippen LogP contribution is 2.23. The van der Waals surface area contributed by atoms with Crippen molar-refractivity contribution in [2.45, 2.75) is 39.3 Å². The van der Waals surface area contributed by atoms with E-state index in [0.717, 1.165) is 30.2 Å². The Morgan fingerprint density at radius 2 is 2.24 bits per heavy atom. The number of rotatable bonds is 4. The molecule has 0 radical (unpaired) electrons. The van der Waals surface area contributed by atoms with Crippen LogP contribution in [0.3, 0.4) is 0 Å². The number of hydrogen-bond donors (Lipinski definition) is 0. The van der Waals surface area contributed by atoms with Gasteiger partial charge in [-0.2, -0.15) is 0 Å². The lowest BCUT2D eigenvalue weighted by molar-refractivity contribution is -0.137. The summed E-state index contributed by atoms with van der Waals surface area (Å²) in [5.41, 5.74) is 1.07. The van der Waals surface area contributed by atoms with Crippen LogP contribution in [0.15, 0.2) is 24.5 Å². The average molecular weight is 285 g/mol. The van der Waals surface area contributed by atoms with Crippen molar-refractivity contribution < 1.29 is 4.79 Å². The lowest BCUT2D eigenvalue weighted by Crippen LogP contribution is -2.42. The molecular weight excluding hydrogens is 266 g/mol. The fourth-order valence-electron chi connectivity index (χ4n) is 2.80. The van der Waals surface area contributed by atoms with Crippen LogP contribution in [0.2, 0.25) is 0 Å². The minimum absolute atomic E-state index is 0.150. The summed E-state index contributed by atoms with van der Waals surface area (Å²) in [6.07, 6.45) is 5.17. The average Bonchev–Trinajstić information content (AvgIpc) is 2.89. The molecule has 2 aromatic heterocycles. The molecule has 0 N–H and O–H groups in total. The molecule has 0 saturated carbocycles. The van der Waals surface area contributed by atoms with Crippen LogP contribution in [0.25, 0.3) is 0 Å². The van der Waals surface area contributed by atoms with Crippen LogP contribution >= 0.6 is 0 Å². The SMILES string of the molecule is CCCN1Cc2nnc(Cc3cccnc3)n2[C@H](C)C1=O. The van der Waals surface area contributed by atoms with Gasteiger partial charge >= 0.3 is 0 Å². The van der Waals surface area contributed by atoms with E-state index in [1.165, 1.54) is 0 Å². The van der Waals surface area contributed by atoms with E-state index in [2.05, 4.69) is 22.1 Å². The lowest BCUT2D eigenvalue weighted by Gasteiger charge is -2.31. The summed E-state index contributed by atoms with van der Waals surface area (Å²) >= 11 is 0. The molecule has 1 amide bonds. The minimum Gasteiger partial charge on any atom is -0.333 e. The first-order valence-corrected chi connectivity index (χ1v) is 7.31. The number of fused-ring (bicyclic) bond motifs is 1. The number of hydrogen-bond acceptors (Lipinski definition) is 4. The van der Waals surface area contributed by atoms with Crippen LogP contribution in [-0.2, 0) is 17.8 Å². The number of nitrogens with zero attached hydrogens (tertiary/aromatic N) is 5. The standard InChI is InChI=1S/C15H19N5O/c1-3-7-19-10-14-18-17-13(20(14)11(2)15(19)21)8-12-5-4-6-16-9-12/h4-6,9,11H,3,7-8,10H2,1-2H3/t11-/m1/s1. The second-order valence-electron chi connectivity index (χ2n) is 5.38. The highest BCUT2D eigenvalue weighted by molar-refractivity contribution is 5.81. The van der Waals surface area contributed by atoms with Crippen LogP contribution < -0.4 is 0 Å². The Bertz CT molecular complexity index is 637. The van der Waals surface area contributed by atoms with Crippen LogP contribution in [0.1, 0.15) is 43.5 Å². The van der Waals surface area contributed by atoms with Gasteiger partial charge in [-0.15, -0.1) is 10.2 Å². The van der Waals surface area contributed by atoms with Crippen molar-refractivity contribution in [2.75, 3.05) is 6.54 Å². The van der Waals surface area contributed by atoms with Gasteiger partial charge in [-0.1, -0.05) is 13.0 Å². The Kier molecular flexibility index (Phi) is 3.68. The summed E-state index contributed by atoms with van der Waals surface area (Å²) in [5, 5.41) is 8.55. The molecule has 1 atom stereocenters. The monoisotopic (exact) mass is 285 g/mol. The van der Waals surface area contributed by atoms with E-state index in [0.29, 0.717) is 13.0 Å². The molecule has 21 heavy (non-hydrogen) atoms. The van der Waals surface area contributed by atoms with Crippen LogP contribution in [0.4, 0.5) is 0 Å². The number of amides is 1. The zero-order valence-corrected chi connectivity index (χ0v) is 12.4. The fourth-order valence-corrected chi connectivity index (χ4v) is 2.80. The molecule has 0 aromatic carbocycles. The number of carbonyl (C=O) groups is 1.